The predicted molar refractivity (Wildman–Crippen MR) is 92.1 cm³/mol. The molecule has 0 saturated carbocycles. The topological polar surface area (TPSA) is 67.4 Å². The molecule has 3 rings (SSSR count). The summed E-state index contributed by atoms with van der Waals surface area (Å²) in [5.41, 5.74) is 0.566. The molecule has 0 spiro atoms. The van der Waals surface area contributed by atoms with E-state index >= 15 is 0 Å². The van der Waals surface area contributed by atoms with Gasteiger partial charge < -0.3 is 14.4 Å². The van der Waals surface area contributed by atoms with Gasteiger partial charge in [-0.15, -0.1) is 0 Å². The van der Waals surface area contributed by atoms with Crippen molar-refractivity contribution in [3.8, 4) is 5.75 Å². The van der Waals surface area contributed by atoms with E-state index in [2.05, 4.69) is 10.2 Å². The molecule has 1 aromatic carbocycles. The molecule has 24 heavy (non-hydrogen) atoms. The van der Waals surface area contributed by atoms with Crippen molar-refractivity contribution in [1.82, 2.24) is 15.1 Å². The number of hydrogen-bond acceptors (Lipinski definition) is 4. The second-order valence-corrected chi connectivity index (χ2v) is 7.34. The minimum atomic E-state index is -0.442. The van der Waals surface area contributed by atoms with Gasteiger partial charge in [-0.1, -0.05) is 0 Å². The first-order chi connectivity index (χ1) is 11.4. The number of benzene rings is 1. The summed E-state index contributed by atoms with van der Waals surface area (Å²) in [6, 6.07) is 5.92. The van der Waals surface area contributed by atoms with E-state index in [-0.39, 0.29) is 6.09 Å². The Labute approximate surface area is 142 Å². The fourth-order valence-electron chi connectivity index (χ4n) is 2.83. The van der Waals surface area contributed by atoms with Crippen molar-refractivity contribution in [2.75, 3.05) is 19.7 Å². The molecular formula is C18H25N3O3. The molecule has 2 heterocycles. The SMILES string of the molecule is CC(C)(C)OC(=O)N1CCC(COc2ccc3[nH]ncc3c2)CC1. The summed E-state index contributed by atoms with van der Waals surface area (Å²) in [7, 11) is 0. The minimum absolute atomic E-state index is 0.215. The molecule has 1 N–H and O–H groups in total. The van der Waals surface area contributed by atoms with E-state index in [4.69, 9.17) is 9.47 Å². The Balaban J connectivity index is 1.46. The van der Waals surface area contributed by atoms with Crippen LogP contribution in [0, 0.1) is 5.92 Å². The third-order valence-electron chi connectivity index (χ3n) is 4.16. The summed E-state index contributed by atoms with van der Waals surface area (Å²) in [6.45, 7) is 7.80. The Morgan fingerprint density at radius 1 is 1.33 bits per heavy atom. The summed E-state index contributed by atoms with van der Waals surface area (Å²) in [6.07, 6.45) is 3.45. The van der Waals surface area contributed by atoms with Crippen LogP contribution in [0.25, 0.3) is 10.9 Å². The lowest BCUT2D eigenvalue weighted by molar-refractivity contribution is 0.0165. The lowest BCUT2D eigenvalue weighted by atomic mass is 9.98. The van der Waals surface area contributed by atoms with E-state index < -0.39 is 5.60 Å². The number of aromatic nitrogens is 2. The molecule has 0 radical (unpaired) electrons. The van der Waals surface area contributed by atoms with Crippen molar-refractivity contribution in [3.63, 3.8) is 0 Å². The number of aromatic amines is 1. The maximum Gasteiger partial charge on any atom is 0.410 e. The number of piperidine rings is 1. The fraction of sp³-hybridized carbons (Fsp3) is 0.556. The lowest BCUT2D eigenvalue weighted by Gasteiger charge is -2.33. The van der Waals surface area contributed by atoms with Crippen LogP contribution in [0.5, 0.6) is 5.75 Å². The highest BCUT2D eigenvalue weighted by Crippen LogP contribution is 2.23. The number of likely N-dealkylation sites (tertiary alicyclic amines) is 1. The predicted octanol–water partition coefficient (Wildman–Crippen LogP) is 3.59. The number of H-pyrrole nitrogens is 1. The molecule has 2 aromatic rings. The monoisotopic (exact) mass is 331 g/mol. The quantitative estimate of drug-likeness (QED) is 0.933. The van der Waals surface area contributed by atoms with E-state index in [1.54, 1.807) is 11.1 Å². The van der Waals surface area contributed by atoms with Crippen LogP contribution < -0.4 is 4.74 Å². The molecule has 130 valence electrons. The zero-order valence-electron chi connectivity index (χ0n) is 14.5. The number of rotatable bonds is 3. The van der Waals surface area contributed by atoms with Crippen LogP contribution in [0.2, 0.25) is 0 Å². The molecule has 0 bridgehead atoms. The summed E-state index contributed by atoms with van der Waals surface area (Å²) in [4.78, 5) is 13.9. The van der Waals surface area contributed by atoms with Crippen molar-refractivity contribution in [3.05, 3.63) is 24.4 Å². The normalized spacial score (nSPS) is 16.4. The van der Waals surface area contributed by atoms with Gasteiger partial charge in [0.15, 0.2) is 0 Å². The highest BCUT2D eigenvalue weighted by Gasteiger charge is 2.27. The standard InChI is InChI=1S/C18H25N3O3/c1-18(2,3)24-17(22)21-8-6-13(7-9-21)12-23-15-4-5-16-14(10-15)11-19-20-16/h4-5,10-11,13H,6-9,12H2,1-3H3,(H,19,20). The van der Waals surface area contributed by atoms with Gasteiger partial charge in [-0.2, -0.15) is 5.10 Å². The van der Waals surface area contributed by atoms with Gasteiger partial charge in [-0.3, -0.25) is 5.10 Å². The molecule has 1 fully saturated rings. The van der Waals surface area contributed by atoms with Gasteiger partial charge in [0.25, 0.3) is 0 Å². The molecule has 1 aromatic heterocycles. The molecule has 1 amide bonds. The maximum atomic E-state index is 12.1. The third-order valence-corrected chi connectivity index (χ3v) is 4.16. The van der Waals surface area contributed by atoms with Crippen LogP contribution in [-0.4, -0.2) is 46.5 Å². The van der Waals surface area contributed by atoms with E-state index in [1.807, 2.05) is 39.0 Å². The molecule has 0 aliphatic carbocycles. The highest BCUT2D eigenvalue weighted by atomic mass is 16.6. The summed E-state index contributed by atoms with van der Waals surface area (Å²) < 4.78 is 11.3. The zero-order chi connectivity index (χ0) is 17.2. The van der Waals surface area contributed by atoms with E-state index in [0.29, 0.717) is 12.5 Å². The number of nitrogens with zero attached hydrogens (tertiary/aromatic N) is 2. The van der Waals surface area contributed by atoms with Crippen molar-refractivity contribution in [2.45, 2.75) is 39.2 Å². The van der Waals surface area contributed by atoms with Gasteiger partial charge in [0.2, 0.25) is 0 Å². The molecule has 1 saturated heterocycles. The van der Waals surface area contributed by atoms with Crippen LogP contribution in [-0.2, 0) is 4.74 Å². The van der Waals surface area contributed by atoms with Crippen LogP contribution in [0.15, 0.2) is 24.4 Å². The fourth-order valence-corrected chi connectivity index (χ4v) is 2.83. The molecular weight excluding hydrogens is 306 g/mol. The van der Waals surface area contributed by atoms with Gasteiger partial charge in [-0.25, -0.2) is 4.79 Å². The van der Waals surface area contributed by atoms with Gasteiger partial charge in [0.05, 0.1) is 18.3 Å². The van der Waals surface area contributed by atoms with Crippen LogP contribution in [0.4, 0.5) is 4.79 Å². The van der Waals surface area contributed by atoms with Crippen molar-refractivity contribution < 1.29 is 14.3 Å². The number of fused-ring (bicyclic) bond motifs is 1. The molecule has 0 unspecified atom stereocenters. The first-order valence-electron chi connectivity index (χ1n) is 8.44. The molecule has 1 aliphatic rings. The number of carbonyl (C=O) groups excluding carboxylic acids is 1. The number of nitrogens with one attached hydrogen (secondary N) is 1. The number of amides is 1. The smallest absolute Gasteiger partial charge is 0.410 e. The van der Waals surface area contributed by atoms with E-state index in [9.17, 15) is 4.79 Å². The lowest BCUT2D eigenvalue weighted by Crippen LogP contribution is -2.42. The minimum Gasteiger partial charge on any atom is -0.493 e. The maximum absolute atomic E-state index is 12.1. The average molecular weight is 331 g/mol. The van der Waals surface area contributed by atoms with Crippen LogP contribution in [0.3, 0.4) is 0 Å². The second-order valence-electron chi connectivity index (χ2n) is 7.34. The first kappa shape index (κ1) is 16.6. The highest BCUT2D eigenvalue weighted by molar-refractivity contribution is 5.79. The Bertz CT molecular complexity index is 697. The van der Waals surface area contributed by atoms with Crippen LogP contribution in [0.1, 0.15) is 33.6 Å². The number of carbonyl (C=O) groups is 1. The number of ether oxygens (including phenoxy) is 2. The van der Waals surface area contributed by atoms with Gasteiger partial charge in [0.1, 0.15) is 11.4 Å². The van der Waals surface area contributed by atoms with Gasteiger partial charge in [0, 0.05) is 18.5 Å². The summed E-state index contributed by atoms with van der Waals surface area (Å²) in [5, 5.41) is 7.99. The number of hydrogen-bond donors (Lipinski definition) is 1. The Morgan fingerprint density at radius 2 is 2.08 bits per heavy atom. The largest absolute Gasteiger partial charge is 0.493 e. The van der Waals surface area contributed by atoms with Crippen molar-refractivity contribution in [2.24, 2.45) is 5.92 Å². The van der Waals surface area contributed by atoms with E-state index in [0.717, 1.165) is 42.6 Å². The molecule has 0 atom stereocenters. The zero-order valence-corrected chi connectivity index (χ0v) is 14.5. The summed E-state index contributed by atoms with van der Waals surface area (Å²) >= 11 is 0. The Hall–Kier alpha value is -2.24. The molecule has 6 nitrogen and oxygen atoms in total. The third kappa shape index (κ3) is 4.19. The first-order valence-corrected chi connectivity index (χ1v) is 8.44. The Kier molecular flexibility index (Phi) is 4.64. The van der Waals surface area contributed by atoms with Gasteiger partial charge >= 0.3 is 6.09 Å². The second kappa shape index (κ2) is 6.71. The Morgan fingerprint density at radius 3 is 2.79 bits per heavy atom. The van der Waals surface area contributed by atoms with Crippen LogP contribution >= 0.6 is 0 Å². The molecule has 6 heteroatoms. The average Bonchev–Trinajstić information content (AvgIpc) is 2.99. The van der Waals surface area contributed by atoms with Crippen molar-refractivity contribution in [1.29, 1.82) is 0 Å². The van der Waals surface area contributed by atoms with Gasteiger partial charge in [-0.05, 0) is 57.7 Å². The van der Waals surface area contributed by atoms with Crippen molar-refractivity contribution >= 4 is 17.0 Å². The summed E-state index contributed by atoms with van der Waals surface area (Å²) in [5.74, 6) is 1.32. The van der Waals surface area contributed by atoms with E-state index in [1.165, 1.54) is 0 Å². The molecule has 1 aliphatic heterocycles.